The molecule has 0 radical (unpaired) electrons. The largest absolute Gasteiger partial charge is 0.378 e. The molecule has 1 N–H and O–H groups in total. The third kappa shape index (κ3) is 4.89. The Morgan fingerprint density at radius 2 is 1.96 bits per heavy atom. The Morgan fingerprint density at radius 1 is 1.25 bits per heavy atom. The number of morpholine rings is 1. The molecule has 1 atom stereocenters. The standard InChI is InChI=1S/C22H28N4O2/c1-17-15-20(18(2)23-19-7-5-4-6-8-19)22(25(3)16-17)24-21(9-12-27)26-10-13-28-14-11-26/h4-9,12,15-16,18,23H,10-11,13-14H2,1-3H3/b21-9+,24-22?. The lowest BCUT2D eigenvalue weighted by atomic mass is 10.1. The Kier molecular flexibility index (Phi) is 6.66. The highest BCUT2D eigenvalue weighted by Gasteiger charge is 2.15. The van der Waals surface area contributed by atoms with Gasteiger partial charge in [-0.1, -0.05) is 18.2 Å². The highest BCUT2D eigenvalue weighted by atomic mass is 16.5. The molecule has 1 fully saturated rings. The zero-order valence-corrected chi connectivity index (χ0v) is 16.8. The predicted octanol–water partition coefficient (Wildman–Crippen LogP) is 2.78. The van der Waals surface area contributed by atoms with Gasteiger partial charge < -0.3 is 19.5 Å². The van der Waals surface area contributed by atoms with E-state index in [-0.39, 0.29) is 6.04 Å². The van der Waals surface area contributed by atoms with Gasteiger partial charge in [-0.05, 0) is 37.6 Å². The van der Waals surface area contributed by atoms with Crippen molar-refractivity contribution in [2.24, 2.45) is 12.0 Å². The second-order valence-electron chi connectivity index (χ2n) is 7.01. The Balaban J connectivity index is 2.02. The minimum Gasteiger partial charge on any atom is -0.378 e. The van der Waals surface area contributed by atoms with E-state index in [4.69, 9.17) is 9.73 Å². The van der Waals surface area contributed by atoms with Gasteiger partial charge in [0.1, 0.15) is 17.6 Å². The van der Waals surface area contributed by atoms with Crippen LogP contribution in [0, 0.1) is 6.92 Å². The Morgan fingerprint density at radius 3 is 2.64 bits per heavy atom. The summed E-state index contributed by atoms with van der Waals surface area (Å²) in [5, 5.41) is 3.54. The molecule has 1 unspecified atom stereocenters. The maximum atomic E-state index is 11.2. The number of allylic oxidation sites excluding steroid dienone is 1. The molecule has 1 saturated heterocycles. The lowest BCUT2D eigenvalue weighted by Crippen LogP contribution is -2.36. The first-order chi connectivity index (χ1) is 13.6. The summed E-state index contributed by atoms with van der Waals surface area (Å²) in [6.45, 7) is 6.94. The highest BCUT2D eigenvalue weighted by Crippen LogP contribution is 2.18. The number of benzene rings is 1. The molecular formula is C22H28N4O2. The first kappa shape index (κ1) is 19.9. The SMILES string of the molecule is Cc1cc(C(C)Nc2ccccc2)c(=N/C(=C\C=O)N2CCOCC2)n(C)c1. The van der Waals surface area contributed by atoms with Crippen LogP contribution in [0.15, 0.2) is 59.5 Å². The number of ether oxygens (including phenoxy) is 1. The van der Waals surface area contributed by atoms with Gasteiger partial charge in [-0.25, -0.2) is 4.99 Å². The molecule has 1 aromatic carbocycles. The van der Waals surface area contributed by atoms with Gasteiger partial charge in [0, 0.05) is 43.7 Å². The summed E-state index contributed by atoms with van der Waals surface area (Å²) in [7, 11) is 1.99. The van der Waals surface area contributed by atoms with Gasteiger partial charge in [0.05, 0.1) is 19.3 Å². The topological polar surface area (TPSA) is 58.9 Å². The minimum absolute atomic E-state index is 0.0504. The molecule has 0 amide bonds. The van der Waals surface area contributed by atoms with Crippen LogP contribution in [0.3, 0.4) is 0 Å². The number of pyridine rings is 1. The second kappa shape index (κ2) is 9.37. The van der Waals surface area contributed by atoms with E-state index in [2.05, 4.69) is 48.5 Å². The number of nitrogens with zero attached hydrogens (tertiary/aromatic N) is 3. The summed E-state index contributed by atoms with van der Waals surface area (Å²) in [5.41, 5.74) is 4.13. The summed E-state index contributed by atoms with van der Waals surface area (Å²) < 4.78 is 7.45. The molecule has 0 aliphatic carbocycles. The number of carbonyl (C=O) groups excluding carboxylic acids is 1. The van der Waals surface area contributed by atoms with Crippen LogP contribution in [-0.2, 0) is 16.6 Å². The second-order valence-corrected chi connectivity index (χ2v) is 7.01. The van der Waals surface area contributed by atoms with Crippen LogP contribution in [0.25, 0.3) is 0 Å². The fourth-order valence-corrected chi connectivity index (χ4v) is 3.42. The van der Waals surface area contributed by atoms with Crippen molar-refractivity contribution in [1.82, 2.24) is 9.47 Å². The van der Waals surface area contributed by atoms with Crippen LogP contribution in [0.4, 0.5) is 5.69 Å². The molecule has 0 spiro atoms. The molecule has 2 heterocycles. The number of rotatable bonds is 6. The Hall–Kier alpha value is -2.86. The van der Waals surface area contributed by atoms with Gasteiger partial charge >= 0.3 is 0 Å². The quantitative estimate of drug-likeness (QED) is 0.618. The van der Waals surface area contributed by atoms with Gasteiger partial charge in [0.15, 0.2) is 0 Å². The molecule has 6 heteroatoms. The maximum absolute atomic E-state index is 11.2. The van der Waals surface area contributed by atoms with Crippen molar-refractivity contribution in [2.75, 3.05) is 31.6 Å². The van der Waals surface area contributed by atoms with Gasteiger partial charge in [-0.15, -0.1) is 0 Å². The van der Waals surface area contributed by atoms with Crippen molar-refractivity contribution in [3.8, 4) is 0 Å². The van der Waals surface area contributed by atoms with E-state index in [1.54, 1.807) is 0 Å². The van der Waals surface area contributed by atoms with E-state index in [0.717, 1.165) is 41.7 Å². The summed E-state index contributed by atoms with van der Waals surface area (Å²) in [4.78, 5) is 18.2. The fourth-order valence-electron chi connectivity index (χ4n) is 3.42. The number of para-hydroxylation sites is 1. The first-order valence-corrected chi connectivity index (χ1v) is 9.60. The third-order valence-corrected chi connectivity index (χ3v) is 4.77. The van der Waals surface area contributed by atoms with E-state index in [0.29, 0.717) is 19.0 Å². The van der Waals surface area contributed by atoms with Crippen molar-refractivity contribution < 1.29 is 9.53 Å². The van der Waals surface area contributed by atoms with Crippen molar-refractivity contribution in [1.29, 1.82) is 0 Å². The van der Waals surface area contributed by atoms with Crippen LogP contribution in [-0.4, -0.2) is 42.1 Å². The summed E-state index contributed by atoms with van der Waals surface area (Å²) >= 11 is 0. The zero-order valence-electron chi connectivity index (χ0n) is 16.8. The Bertz CT molecular complexity index is 896. The number of nitrogens with one attached hydrogen (secondary N) is 1. The van der Waals surface area contributed by atoms with Crippen LogP contribution in [0.1, 0.15) is 24.1 Å². The number of hydrogen-bond acceptors (Lipinski definition) is 5. The maximum Gasteiger partial charge on any atom is 0.146 e. The van der Waals surface area contributed by atoms with E-state index in [9.17, 15) is 4.79 Å². The molecule has 2 aromatic rings. The van der Waals surface area contributed by atoms with Crippen LogP contribution < -0.4 is 10.8 Å². The molecule has 1 aliphatic heterocycles. The van der Waals surface area contributed by atoms with Crippen LogP contribution in [0.2, 0.25) is 0 Å². The number of carbonyl (C=O) groups is 1. The molecule has 1 aliphatic rings. The smallest absolute Gasteiger partial charge is 0.146 e. The van der Waals surface area contributed by atoms with Crippen molar-refractivity contribution >= 4 is 12.0 Å². The van der Waals surface area contributed by atoms with Gasteiger partial charge in [0.2, 0.25) is 0 Å². The summed E-state index contributed by atoms with van der Waals surface area (Å²) in [6.07, 6.45) is 4.38. The van der Waals surface area contributed by atoms with E-state index < -0.39 is 0 Å². The van der Waals surface area contributed by atoms with Crippen molar-refractivity contribution in [3.63, 3.8) is 0 Å². The molecule has 148 valence electrons. The van der Waals surface area contributed by atoms with Crippen molar-refractivity contribution in [2.45, 2.75) is 19.9 Å². The Labute approximate surface area is 166 Å². The van der Waals surface area contributed by atoms with E-state index >= 15 is 0 Å². The first-order valence-electron chi connectivity index (χ1n) is 9.60. The normalized spacial score (nSPS) is 16.8. The molecule has 0 saturated carbocycles. The number of anilines is 1. The molecule has 3 rings (SSSR count). The predicted molar refractivity (Wildman–Crippen MR) is 111 cm³/mol. The molecule has 0 bridgehead atoms. The van der Waals surface area contributed by atoms with E-state index in [1.165, 1.54) is 6.08 Å². The van der Waals surface area contributed by atoms with Gasteiger partial charge in [0.25, 0.3) is 0 Å². The van der Waals surface area contributed by atoms with Crippen molar-refractivity contribution in [3.05, 3.63) is 71.1 Å². The van der Waals surface area contributed by atoms with E-state index in [1.807, 2.05) is 29.8 Å². The summed E-state index contributed by atoms with van der Waals surface area (Å²) in [5.74, 6) is 0.672. The third-order valence-electron chi connectivity index (χ3n) is 4.77. The monoisotopic (exact) mass is 380 g/mol. The molecule has 28 heavy (non-hydrogen) atoms. The zero-order chi connectivity index (χ0) is 19.9. The summed E-state index contributed by atoms with van der Waals surface area (Å²) in [6, 6.07) is 12.3. The van der Waals surface area contributed by atoms with Gasteiger partial charge in [-0.2, -0.15) is 0 Å². The lowest BCUT2D eigenvalue weighted by Gasteiger charge is -2.28. The van der Waals surface area contributed by atoms with Crippen LogP contribution in [0.5, 0.6) is 0 Å². The highest BCUT2D eigenvalue weighted by molar-refractivity contribution is 5.65. The molecule has 1 aromatic heterocycles. The number of aromatic nitrogens is 1. The fraction of sp³-hybridized carbons (Fsp3) is 0.364. The number of aryl methyl sites for hydroxylation is 2. The number of hydrogen-bond donors (Lipinski definition) is 1. The average Bonchev–Trinajstić information content (AvgIpc) is 2.70. The number of aldehydes is 1. The van der Waals surface area contributed by atoms with Crippen LogP contribution >= 0.6 is 0 Å². The average molecular weight is 380 g/mol. The molecular weight excluding hydrogens is 352 g/mol. The molecule has 6 nitrogen and oxygen atoms in total. The minimum atomic E-state index is 0.0504. The lowest BCUT2D eigenvalue weighted by molar-refractivity contribution is -0.104. The van der Waals surface area contributed by atoms with Gasteiger partial charge in [-0.3, -0.25) is 4.79 Å².